The zero-order chi connectivity index (χ0) is 11.1. The summed E-state index contributed by atoms with van der Waals surface area (Å²) >= 11 is 0. The lowest BCUT2D eigenvalue weighted by molar-refractivity contribution is 0.588. The number of hydrogen-bond acceptors (Lipinski definition) is 3. The van der Waals surface area contributed by atoms with Gasteiger partial charge in [0.15, 0.2) is 0 Å². The van der Waals surface area contributed by atoms with Gasteiger partial charge in [0.1, 0.15) is 0 Å². The first-order valence-electron chi connectivity index (χ1n) is 5.73. The molecule has 1 N–H and O–H groups in total. The Morgan fingerprint density at radius 2 is 1.87 bits per heavy atom. The molecule has 0 saturated carbocycles. The molecule has 0 aromatic carbocycles. The zero-order valence-electron chi connectivity index (χ0n) is 9.95. The minimum absolute atomic E-state index is 1.08. The van der Waals surface area contributed by atoms with Gasteiger partial charge in [-0.15, -0.1) is 0 Å². The van der Waals surface area contributed by atoms with Gasteiger partial charge in [-0.1, -0.05) is 13.8 Å². The average Bonchev–Trinajstić information content (AvgIpc) is 2.33. The van der Waals surface area contributed by atoms with Crippen LogP contribution in [0, 0.1) is 6.92 Å². The van der Waals surface area contributed by atoms with Gasteiger partial charge >= 0.3 is 0 Å². The van der Waals surface area contributed by atoms with E-state index in [0.717, 1.165) is 26.2 Å². The fourth-order valence-corrected chi connectivity index (χ4v) is 1.63. The average molecular weight is 207 g/mol. The molecule has 0 radical (unpaired) electrons. The molecule has 15 heavy (non-hydrogen) atoms. The highest BCUT2D eigenvalue weighted by Crippen LogP contribution is 2.13. The van der Waals surface area contributed by atoms with E-state index < -0.39 is 0 Å². The van der Waals surface area contributed by atoms with Gasteiger partial charge in [0.25, 0.3) is 0 Å². The highest BCUT2D eigenvalue weighted by Gasteiger charge is 2.09. The minimum atomic E-state index is 1.08. The number of nitrogens with zero attached hydrogens (tertiary/aromatic N) is 2. The largest absolute Gasteiger partial charge is 0.368 e. The molecule has 1 aromatic rings. The van der Waals surface area contributed by atoms with Crippen LogP contribution < -0.4 is 10.2 Å². The first kappa shape index (κ1) is 12.0. The second kappa shape index (κ2) is 6.40. The SMILES string of the molecule is CC.Cc1cncc(N2CCNCC2)c1. The molecule has 1 saturated heterocycles. The van der Waals surface area contributed by atoms with Crippen molar-refractivity contribution in [2.75, 3.05) is 31.1 Å². The fraction of sp³-hybridized carbons (Fsp3) is 0.583. The third kappa shape index (κ3) is 3.51. The summed E-state index contributed by atoms with van der Waals surface area (Å²) in [5.41, 5.74) is 2.48. The maximum atomic E-state index is 4.20. The molecule has 2 heterocycles. The van der Waals surface area contributed by atoms with Gasteiger partial charge in [0, 0.05) is 32.4 Å². The molecule has 0 aliphatic carbocycles. The summed E-state index contributed by atoms with van der Waals surface area (Å²) in [6.07, 6.45) is 3.84. The predicted molar refractivity (Wildman–Crippen MR) is 65.4 cm³/mol. The van der Waals surface area contributed by atoms with Crippen LogP contribution in [0.25, 0.3) is 0 Å². The van der Waals surface area contributed by atoms with E-state index in [-0.39, 0.29) is 0 Å². The predicted octanol–water partition coefficient (Wildman–Crippen LogP) is 1.83. The van der Waals surface area contributed by atoms with E-state index in [0.29, 0.717) is 0 Å². The van der Waals surface area contributed by atoms with Crippen LogP contribution in [0.2, 0.25) is 0 Å². The van der Waals surface area contributed by atoms with Crippen molar-refractivity contribution < 1.29 is 0 Å². The van der Waals surface area contributed by atoms with Gasteiger partial charge in [0.2, 0.25) is 0 Å². The van der Waals surface area contributed by atoms with Gasteiger partial charge < -0.3 is 10.2 Å². The molecule has 3 nitrogen and oxygen atoms in total. The summed E-state index contributed by atoms with van der Waals surface area (Å²) in [5, 5.41) is 3.34. The number of piperazine rings is 1. The van der Waals surface area contributed by atoms with Gasteiger partial charge in [0.05, 0.1) is 11.9 Å². The lowest BCUT2D eigenvalue weighted by Crippen LogP contribution is -2.43. The van der Waals surface area contributed by atoms with Crippen LogP contribution >= 0.6 is 0 Å². The molecular formula is C12H21N3. The molecule has 1 aromatic heterocycles. The second-order valence-corrected chi connectivity index (χ2v) is 3.46. The molecule has 0 amide bonds. The Balaban J connectivity index is 0.000000531. The van der Waals surface area contributed by atoms with Crippen molar-refractivity contribution in [3.05, 3.63) is 24.0 Å². The van der Waals surface area contributed by atoms with Crippen molar-refractivity contribution >= 4 is 5.69 Å². The van der Waals surface area contributed by atoms with Crippen LogP contribution in [0.15, 0.2) is 18.5 Å². The van der Waals surface area contributed by atoms with E-state index in [1.54, 1.807) is 0 Å². The lowest BCUT2D eigenvalue weighted by Gasteiger charge is -2.29. The molecule has 3 heteroatoms. The maximum Gasteiger partial charge on any atom is 0.0556 e. The van der Waals surface area contributed by atoms with E-state index in [4.69, 9.17) is 0 Å². The Morgan fingerprint density at radius 3 is 2.47 bits per heavy atom. The molecular weight excluding hydrogens is 186 g/mol. The molecule has 1 aliphatic heterocycles. The van der Waals surface area contributed by atoms with Crippen molar-refractivity contribution in [2.45, 2.75) is 20.8 Å². The zero-order valence-corrected chi connectivity index (χ0v) is 9.95. The lowest BCUT2D eigenvalue weighted by atomic mass is 10.2. The third-order valence-electron chi connectivity index (χ3n) is 2.34. The molecule has 0 spiro atoms. The van der Waals surface area contributed by atoms with E-state index >= 15 is 0 Å². The molecule has 0 bridgehead atoms. The quantitative estimate of drug-likeness (QED) is 0.761. The molecule has 84 valence electrons. The summed E-state index contributed by atoms with van der Waals surface area (Å²) in [7, 11) is 0. The van der Waals surface area contributed by atoms with Crippen LogP contribution in [-0.2, 0) is 0 Å². The number of nitrogens with one attached hydrogen (secondary N) is 1. The van der Waals surface area contributed by atoms with Gasteiger partial charge in [-0.25, -0.2) is 0 Å². The Labute approximate surface area is 92.5 Å². The van der Waals surface area contributed by atoms with Gasteiger partial charge in [-0.2, -0.15) is 0 Å². The van der Waals surface area contributed by atoms with Crippen molar-refractivity contribution in [2.24, 2.45) is 0 Å². The molecule has 0 atom stereocenters. The van der Waals surface area contributed by atoms with Gasteiger partial charge in [-0.3, -0.25) is 4.98 Å². The molecule has 0 unspecified atom stereocenters. The summed E-state index contributed by atoms with van der Waals surface area (Å²) < 4.78 is 0. The fourth-order valence-electron chi connectivity index (χ4n) is 1.63. The summed E-state index contributed by atoms with van der Waals surface area (Å²) in [5.74, 6) is 0. The standard InChI is InChI=1S/C10H15N3.C2H6/c1-9-6-10(8-12-7-9)13-4-2-11-3-5-13;1-2/h6-8,11H,2-5H2,1H3;1-2H3. The number of pyridine rings is 1. The highest BCUT2D eigenvalue weighted by molar-refractivity contribution is 5.46. The highest BCUT2D eigenvalue weighted by atomic mass is 15.2. The van der Waals surface area contributed by atoms with Crippen molar-refractivity contribution in [1.82, 2.24) is 10.3 Å². The maximum absolute atomic E-state index is 4.20. The van der Waals surface area contributed by atoms with Crippen LogP contribution in [0.5, 0.6) is 0 Å². The molecule has 1 fully saturated rings. The number of aryl methyl sites for hydroxylation is 1. The first-order chi connectivity index (χ1) is 7.36. The number of aromatic nitrogens is 1. The Morgan fingerprint density at radius 1 is 1.20 bits per heavy atom. The monoisotopic (exact) mass is 207 g/mol. The molecule has 2 rings (SSSR count). The first-order valence-corrected chi connectivity index (χ1v) is 5.73. The second-order valence-electron chi connectivity index (χ2n) is 3.46. The van der Waals surface area contributed by atoms with Crippen LogP contribution in [0.1, 0.15) is 19.4 Å². The van der Waals surface area contributed by atoms with Crippen molar-refractivity contribution in [3.63, 3.8) is 0 Å². The van der Waals surface area contributed by atoms with Crippen LogP contribution in [-0.4, -0.2) is 31.2 Å². The summed E-state index contributed by atoms with van der Waals surface area (Å²) in [6, 6.07) is 2.19. The Bertz CT molecular complexity index is 280. The number of hydrogen-bond donors (Lipinski definition) is 1. The van der Waals surface area contributed by atoms with E-state index in [1.165, 1.54) is 11.3 Å². The Kier molecular flexibility index (Phi) is 5.12. The molecule has 1 aliphatic rings. The van der Waals surface area contributed by atoms with E-state index in [9.17, 15) is 0 Å². The topological polar surface area (TPSA) is 28.2 Å². The van der Waals surface area contributed by atoms with E-state index in [1.807, 2.05) is 26.2 Å². The van der Waals surface area contributed by atoms with Crippen molar-refractivity contribution in [3.8, 4) is 0 Å². The number of anilines is 1. The normalized spacial score (nSPS) is 15.5. The summed E-state index contributed by atoms with van der Waals surface area (Å²) in [4.78, 5) is 6.57. The van der Waals surface area contributed by atoms with Gasteiger partial charge in [-0.05, 0) is 18.6 Å². The minimum Gasteiger partial charge on any atom is -0.368 e. The Hall–Kier alpha value is -1.09. The van der Waals surface area contributed by atoms with Crippen LogP contribution in [0.3, 0.4) is 0 Å². The van der Waals surface area contributed by atoms with Crippen molar-refractivity contribution in [1.29, 1.82) is 0 Å². The third-order valence-corrected chi connectivity index (χ3v) is 2.34. The number of rotatable bonds is 1. The summed E-state index contributed by atoms with van der Waals surface area (Å²) in [6.45, 7) is 10.4. The van der Waals surface area contributed by atoms with E-state index in [2.05, 4.69) is 28.2 Å². The van der Waals surface area contributed by atoms with Crippen LogP contribution in [0.4, 0.5) is 5.69 Å². The smallest absolute Gasteiger partial charge is 0.0556 e.